The summed E-state index contributed by atoms with van der Waals surface area (Å²) >= 11 is 0. The van der Waals surface area contributed by atoms with Gasteiger partial charge in [-0.05, 0) is 0 Å². The number of carbonyl (C=O) groups excluding carboxylic acids is 1. The number of likely N-dealkylation sites (N-methyl/N-ethyl adjacent to an activating group) is 1. The average Bonchev–Trinajstić information content (AvgIpc) is 2.98. The largest absolute Gasteiger partial charge is 0.376 e. The molecule has 0 radical (unpaired) electrons. The van der Waals surface area contributed by atoms with Gasteiger partial charge in [0, 0.05) is 21.3 Å². The lowest BCUT2D eigenvalue weighted by Crippen LogP contribution is -2.57. The highest BCUT2D eigenvalue weighted by molar-refractivity contribution is 5.90. The molecule has 1 aromatic heterocycles. The lowest BCUT2D eigenvalue weighted by atomic mass is 10.0. The van der Waals surface area contributed by atoms with E-state index in [1.807, 2.05) is 0 Å². The van der Waals surface area contributed by atoms with Crippen molar-refractivity contribution in [3.8, 4) is 0 Å². The number of nitrogens with one attached hydrogen (secondary N) is 1. The minimum absolute atomic E-state index is 0.192. The first kappa shape index (κ1) is 13.9. The summed E-state index contributed by atoms with van der Waals surface area (Å²) in [4.78, 5) is 17.6. The van der Waals surface area contributed by atoms with Crippen LogP contribution in [0.1, 0.15) is 10.6 Å². The molecule has 1 aliphatic heterocycles. The SMILES string of the molecule is CO[C@H]1[C@H](N(C)C(=O)c2ncn[nH]2)COC[C@H]1OC. The third kappa shape index (κ3) is 2.75. The summed E-state index contributed by atoms with van der Waals surface area (Å²) in [6, 6.07) is -0.235. The third-order valence-electron chi connectivity index (χ3n) is 3.33. The molecule has 0 saturated carbocycles. The van der Waals surface area contributed by atoms with Gasteiger partial charge in [-0.25, -0.2) is 4.98 Å². The smallest absolute Gasteiger partial charge is 0.291 e. The van der Waals surface area contributed by atoms with E-state index in [0.717, 1.165) is 0 Å². The minimum Gasteiger partial charge on any atom is -0.376 e. The van der Waals surface area contributed by atoms with Gasteiger partial charge in [-0.2, -0.15) is 5.10 Å². The number of rotatable bonds is 4. The molecule has 8 heteroatoms. The van der Waals surface area contributed by atoms with E-state index in [1.54, 1.807) is 26.2 Å². The van der Waals surface area contributed by atoms with Crippen molar-refractivity contribution in [2.75, 3.05) is 34.5 Å². The molecule has 106 valence electrons. The molecule has 1 aliphatic rings. The molecule has 0 unspecified atom stereocenters. The molecule has 0 aliphatic carbocycles. The number of amides is 1. The second-order valence-electron chi connectivity index (χ2n) is 4.33. The second kappa shape index (κ2) is 6.09. The maximum atomic E-state index is 12.2. The molecular formula is C11H18N4O4. The van der Waals surface area contributed by atoms with Crippen LogP contribution in [-0.4, -0.2) is 78.7 Å². The Labute approximate surface area is 111 Å². The van der Waals surface area contributed by atoms with Crippen molar-refractivity contribution in [2.45, 2.75) is 18.2 Å². The van der Waals surface area contributed by atoms with Gasteiger partial charge in [-0.3, -0.25) is 9.89 Å². The Bertz CT molecular complexity index is 411. The summed E-state index contributed by atoms with van der Waals surface area (Å²) in [6.45, 7) is 0.852. The summed E-state index contributed by atoms with van der Waals surface area (Å²) in [5, 5.41) is 6.22. The molecule has 1 fully saturated rings. The van der Waals surface area contributed by atoms with Crippen molar-refractivity contribution in [1.82, 2.24) is 20.1 Å². The summed E-state index contributed by atoms with van der Waals surface area (Å²) in [6.07, 6.45) is 0.855. The predicted octanol–water partition coefficient (Wildman–Crippen LogP) is -0.694. The van der Waals surface area contributed by atoms with Crippen molar-refractivity contribution in [2.24, 2.45) is 0 Å². The van der Waals surface area contributed by atoms with E-state index in [2.05, 4.69) is 15.2 Å². The second-order valence-corrected chi connectivity index (χ2v) is 4.33. The molecule has 1 aromatic rings. The zero-order valence-electron chi connectivity index (χ0n) is 11.2. The first-order valence-corrected chi connectivity index (χ1v) is 5.95. The normalized spacial score (nSPS) is 27.2. The molecule has 19 heavy (non-hydrogen) atoms. The van der Waals surface area contributed by atoms with Crippen LogP contribution in [0.5, 0.6) is 0 Å². The van der Waals surface area contributed by atoms with Crippen LogP contribution in [0.25, 0.3) is 0 Å². The summed E-state index contributed by atoms with van der Waals surface area (Å²) < 4.78 is 16.2. The van der Waals surface area contributed by atoms with E-state index in [1.165, 1.54) is 6.33 Å². The zero-order chi connectivity index (χ0) is 13.8. The molecule has 8 nitrogen and oxygen atoms in total. The van der Waals surface area contributed by atoms with Crippen LogP contribution in [-0.2, 0) is 14.2 Å². The fourth-order valence-electron chi connectivity index (χ4n) is 2.21. The zero-order valence-corrected chi connectivity index (χ0v) is 11.2. The number of methoxy groups -OCH3 is 2. The standard InChI is InChI=1S/C11H18N4O4/c1-15(11(16)10-12-6-13-14-10)7-4-19-5-8(17-2)9(7)18-3/h6-9H,4-5H2,1-3H3,(H,12,13,14)/t7-,8-,9+/m1/s1. The number of hydrogen-bond acceptors (Lipinski definition) is 6. The highest BCUT2D eigenvalue weighted by Crippen LogP contribution is 2.19. The monoisotopic (exact) mass is 270 g/mol. The van der Waals surface area contributed by atoms with Crippen molar-refractivity contribution < 1.29 is 19.0 Å². The van der Waals surface area contributed by atoms with Crippen molar-refractivity contribution in [3.05, 3.63) is 12.2 Å². The topological polar surface area (TPSA) is 89.6 Å². The molecule has 3 atom stereocenters. The third-order valence-corrected chi connectivity index (χ3v) is 3.33. The Morgan fingerprint density at radius 3 is 2.84 bits per heavy atom. The molecular weight excluding hydrogens is 252 g/mol. The number of carbonyl (C=O) groups is 1. The molecule has 0 aromatic carbocycles. The van der Waals surface area contributed by atoms with Gasteiger partial charge < -0.3 is 19.1 Å². The number of nitrogens with zero attached hydrogens (tertiary/aromatic N) is 3. The van der Waals surface area contributed by atoms with E-state index in [4.69, 9.17) is 14.2 Å². The number of H-pyrrole nitrogens is 1. The Hall–Kier alpha value is -1.51. The molecule has 1 saturated heterocycles. The highest BCUT2D eigenvalue weighted by atomic mass is 16.6. The molecule has 2 rings (SSSR count). The molecule has 2 heterocycles. The predicted molar refractivity (Wildman–Crippen MR) is 64.7 cm³/mol. The lowest BCUT2D eigenvalue weighted by molar-refractivity contribution is -0.147. The first-order valence-electron chi connectivity index (χ1n) is 5.95. The van der Waals surface area contributed by atoms with Gasteiger partial charge in [0.25, 0.3) is 5.91 Å². The van der Waals surface area contributed by atoms with E-state index in [9.17, 15) is 4.79 Å². The van der Waals surface area contributed by atoms with Crippen LogP contribution >= 0.6 is 0 Å². The van der Waals surface area contributed by atoms with Gasteiger partial charge in [0.2, 0.25) is 5.82 Å². The van der Waals surface area contributed by atoms with E-state index >= 15 is 0 Å². The van der Waals surface area contributed by atoms with Crippen LogP contribution in [0.2, 0.25) is 0 Å². The van der Waals surface area contributed by atoms with E-state index in [-0.39, 0.29) is 30.0 Å². The van der Waals surface area contributed by atoms with Gasteiger partial charge in [-0.1, -0.05) is 0 Å². The fourth-order valence-corrected chi connectivity index (χ4v) is 2.21. The minimum atomic E-state index is -0.259. The maximum Gasteiger partial charge on any atom is 0.291 e. The summed E-state index contributed by atoms with van der Waals surface area (Å²) in [5.41, 5.74) is 0. The van der Waals surface area contributed by atoms with Crippen molar-refractivity contribution >= 4 is 5.91 Å². The van der Waals surface area contributed by atoms with Crippen LogP contribution in [0.4, 0.5) is 0 Å². The number of aromatic amines is 1. The molecule has 0 bridgehead atoms. The summed E-state index contributed by atoms with van der Waals surface area (Å²) in [5.74, 6) is -0.0678. The van der Waals surface area contributed by atoms with Crippen LogP contribution in [0.15, 0.2) is 6.33 Å². The maximum absolute atomic E-state index is 12.2. The fraction of sp³-hybridized carbons (Fsp3) is 0.727. The number of hydrogen-bond donors (Lipinski definition) is 1. The number of aromatic nitrogens is 3. The van der Waals surface area contributed by atoms with Crippen LogP contribution in [0, 0.1) is 0 Å². The van der Waals surface area contributed by atoms with Crippen molar-refractivity contribution in [1.29, 1.82) is 0 Å². The van der Waals surface area contributed by atoms with Gasteiger partial charge in [0.15, 0.2) is 0 Å². The van der Waals surface area contributed by atoms with Crippen molar-refractivity contribution in [3.63, 3.8) is 0 Å². The van der Waals surface area contributed by atoms with E-state index < -0.39 is 0 Å². The van der Waals surface area contributed by atoms with E-state index in [0.29, 0.717) is 13.2 Å². The van der Waals surface area contributed by atoms with Gasteiger partial charge in [0.05, 0.1) is 19.3 Å². The Kier molecular flexibility index (Phi) is 4.46. The number of ether oxygens (including phenoxy) is 3. The molecule has 1 amide bonds. The van der Waals surface area contributed by atoms with Crippen LogP contribution < -0.4 is 0 Å². The highest BCUT2D eigenvalue weighted by Gasteiger charge is 2.39. The first-order chi connectivity index (χ1) is 9.19. The Morgan fingerprint density at radius 1 is 1.47 bits per heavy atom. The summed E-state index contributed by atoms with van der Waals surface area (Å²) in [7, 11) is 4.88. The molecule has 1 N–H and O–H groups in total. The lowest BCUT2D eigenvalue weighted by Gasteiger charge is -2.40. The Morgan fingerprint density at radius 2 is 2.26 bits per heavy atom. The Balaban J connectivity index is 2.12. The van der Waals surface area contributed by atoms with Gasteiger partial charge in [-0.15, -0.1) is 0 Å². The van der Waals surface area contributed by atoms with Gasteiger partial charge in [0.1, 0.15) is 18.5 Å². The quantitative estimate of drug-likeness (QED) is 0.778. The average molecular weight is 270 g/mol. The molecule has 0 spiro atoms. The van der Waals surface area contributed by atoms with Gasteiger partial charge >= 0.3 is 0 Å². The van der Waals surface area contributed by atoms with Crippen LogP contribution in [0.3, 0.4) is 0 Å².